The third-order valence-corrected chi connectivity index (χ3v) is 4.46. The number of rotatable bonds is 6. The molecule has 0 N–H and O–H groups in total. The van der Waals surface area contributed by atoms with Gasteiger partial charge in [0, 0.05) is 0 Å². The van der Waals surface area contributed by atoms with Crippen molar-refractivity contribution in [1.29, 1.82) is 0 Å². The summed E-state index contributed by atoms with van der Waals surface area (Å²) in [6.45, 7) is 4.48. The van der Waals surface area contributed by atoms with E-state index in [-0.39, 0.29) is 26.2 Å². The molecule has 0 saturated carbocycles. The van der Waals surface area contributed by atoms with Crippen LogP contribution in [0.5, 0.6) is 0 Å². The van der Waals surface area contributed by atoms with Crippen molar-refractivity contribution in [2.24, 2.45) is 0 Å². The van der Waals surface area contributed by atoms with Crippen LogP contribution in [0, 0.1) is 10.7 Å². The molecule has 19 heavy (non-hydrogen) atoms. The molecule has 1 atom stereocenters. The molecule has 1 rings (SSSR count). The van der Waals surface area contributed by atoms with E-state index in [9.17, 15) is 4.79 Å². The normalized spacial score (nSPS) is 11.5. The average Bonchev–Trinajstić information content (AvgIpc) is 2.40. The molecule has 0 aliphatic heterocycles. The summed E-state index contributed by atoms with van der Waals surface area (Å²) in [6.07, 6.45) is 0.117. The summed E-state index contributed by atoms with van der Waals surface area (Å²) in [6, 6.07) is 10.2. The van der Waals surface area contributed by atoms with Crippen LogP contribution in [0.15, 0.2) is 30.3 Å². The number of thioether (sulfide) groups is 1. The molecule has 0 aliphatic rings. The molecule has 0 aliphatic carbocycles. The molecular formula is C15H18O2SSe. The van der Waals surface area contributed by atoms with Crippen molar-refractivity contribution >= 4 is 36.3 Å². The molecule has 0 radical (unpaired) electrons. The summed E-state index contributed by atoms with van der Waals surface area (Å²) < 4.78 is 6.74. The topological polar surface area (TPSA) is 26.3 Å². The Morgan fingerprint density at radius 2 is 2.11 bits per heavy atom. The van der Waals surface area contributed by atoms with E-state index in [1.54, 1.807) is 0 Å². The van der Waals surface area contributed by atoms with Crippen LogP contribution in [-0.4, -0.2) is 38.5 Å². The summed E-state index contributed by atoms with van der Waals surface area (Å²) in [7, 11) is 0. The van der Waals surface area contributed by atoms with Gasteiger partial charge in [0.25, 0.3) is 0 Å². The van der Waals surface area contributed by atoms with Crippen LogP contribution < -0.4 is 4.46 Å². The Kier molecular flexibility index (Phi) is 8.69. The molecule has 4 heteroatoms. The zero-order valence-corrected chi connectivity index (χ0v) is 13.7. The van der Waals surface area contributed by atoms with E-state index in [1.165, 1.54) is 16.2 Å². The van der Waals surface area contributed by atoms with Gasteiger partial charge in [0.05, 0.1) is 0 Å². The predicted octanol–water partition coefficient (Wildman–Crippen LogP) is 2.05. The Bertz CT molecular complexity index is 436. The van der Waals surface area contributed by atoms with Crippen LogP contribution in [-0.2, 0) is 9.53 Å². The molecule has 0 aromatic heterocycles. The summed E-state index contributed by atoms with van der Waals surface area (Å²) >= 11 is 1.46. The molecule has 1 aromatic carbocycles. The molecule has 0 amide bonds. The van der Waals surface area contributed by atoms with Crippen molar-refractivity contribution < 1.29 is 9.53 Å². The third kappa shape index (κ3) is 7.44. The molecule has 0 saturated heterocycles. The standard InChI is InChI=1S/C15H18O2SSe/c1-3-17-13(12-15(16)18-4-2)10-11-19-14-8-6-5-7-9-14/h5-9,13H,3-4,12H2,1-2H3. The molecule has 0 heterocycles. The first-order chi connectivity index (χ1) is 9.26. The second-order valence-corrected chi connectivity index (χ2v) is 6.78. The van der Waals surface area contributed by atoms with Crippen LogP contribution in [0.2, 0.25) is 0 Å². The van der Waals surface area contributed by atoms with Crippen molar-refractivity contribution in [2.75, 3.05) is 12.4 Å². The van der Waals surface area contributed by atoms with Crippen molar-refractivity contribution in [3.05, 3.63) is 30.3 Å². The second-order valence-electron chi connectivity index (χ2n) is 3.61. The summed E-state index contributed by atoms with van der Waals surface area (Å²) in [5.41, 5.74) is 0. The van der Waals surface area contributed by atoms with E-state index in [2.05, 4.69) is 22.9 Å². The van der Waals surface area contributed by atoms with E-state index in [1.807, 2.05) is 32.0 Å². The first-order valence-electron chi connectivity index (χ1n) is 6.25. The first kappa shape index (κ1) is 16.3. The Hall–Kier alpha value is -0.721. The number of carbonyl (C=O) groups is 1. The van der Waals surface area contributed by atoms with Gasteiger partial charge in [0.2, 0.25) is 0 Å². The van der Waals surface area contributed by atoms with Crippen LogP contribution in [0.25, 0.3) is 0 Å². The molecule has 1 aromatic rings. The Morgan fingerprint density at radius 1 is 1.37 bits per heavy atom. The molecule has 1 unspecified atom stereocenters. The van der Waals surface area contributed by atoms with Crippen LogP contribution >= 0.6 is 11.8 Å². The Morgan fingerprint density at radius 3 is 2.74 bits per heavy atom. The summed E-state index contributed by atoms with van der Waals surface area (Å²) in [5, 5.41) is 0.155. The summed E-state index contributed by atoms with van der Waals surface area (Å²) in [4.78, 5) is 14.7. The third-order valence-electron chi connectivity index (χ3n) is 2.16. The van der Waals surface area contributed by atoms with Crippen LogP contribution in [0.4, 0.5) is 0 Å². The number of ether oxygens (including phenoxy) is 1. The van der Waals surface area contributed by atoms with Crippen LogP contribution in [0.3, 0.4) is 0 Å². The maximum absolute atomic E-state index is 11.6. The molecule has 0 fully saturated rings. The van der Waals surface area contributed by atoms with E-state index < -0.39 is 0 Å². The van der Waals surface area contributed by atoms with Gasteiger partial charge in [0.15, 0.2) is 0 Å². The van der Waals surface area contributed by atoms with Crippen molar-refractivity contribution in [1.82, 2.24) is 0 Å². The molecular weight excluding hydrogens is 323 g/mol. The maximum atomic E-state index is 11.6. The van der Waals surface area contributed by atoms with Gasteiger partial charge in [-0.15, -0.1) is 0 Å². The van der Waals surface area contributed by atoms with Gasteiger partial charge in [-0.1, -0.05) is 0 Å². The fraction of sp³-hybridized carbons (Fsp3) is 0.400. The van der Waals surface area contributed by atoms with E-state index >= 15 is 0 Å². The zero-order chi connectivity index (χ0) is 13.9. The first-order valence-corrected chi connectivity index (χ1v) is 8.95. The SMILES string of the molecule is CCOC(C#C[Se]c1ccccc1)CC(=O)SCC. The van der Waals surface area contributed by atoms with Crippen LogP contribution in [0.1, 0.15) is 20.3 Å². The van der Waals surface area contributed by atoms with E-state index in [4.69, 9.17) is 4.74 Å². The predicted molar refractivity (Wildman–Crippen MR) is 82.8 cm³/mol. The number of hydrogen-bond acceptors (Lipinski definition) is 3. The van der Waals surface area contributed by atoms with Gasteiger partial charge in [-0.2, -0.15) is 0 Å². The minimum absolute atomic E-state index is 0.123. The minimum atomic E-state index is -0.262. The monoisotopic (exact) mass is 342 g/mol. The van der Waals surface area contributed by atoms with E-state index in [0.717, 1.165) is 5.75 Å². The molecule has 0 bridgehead atoms. The molecule has 2 nitrogen and oxygen atoms in total. The zero-order valence-electron chi connectivity index (χ0n) is 11.2. The van der Waals surface area contributed by atoms with Crippen molar-refractivity contribution in [3.8, 4) is 10.7 Å². The van der Waals surface area contributed by atoms with E-state index in [0.29, 0.717) is 13.0 Å². The number of hydrogen-bond donors (Lipinski definition) is 0. The van der Waals surface area contributed by atoms with Gasteiger partial charge < -0.3 is 0 Å². The number of carbonyl (C=O) groups excluding carboxylic acids is 1. The Labute approximate surface area is 125 Å². The summed E-state index contributed by atoms with van der Waals surface area (Å²) in [5.74, 6) is 3.88. The van der Waals surface area contributed by atoms with Crippen molar-refractivity contribution in [3.63, 3.8) is 0 Å². The van der Waals surface area contributed by atoms with Gasteiger partial charge in [-0.3, -0.25) is 0 Å². The van der Waals surface area contributed by atoms with Gasteiger partial charge in [-0.05, 0) is 0 Å². The Balaban J connectivity index is 2.51. The van der Waals surface area contributed by atoms with Gasteiger partial charge in [0.1, 0.15) is 0 Å². The van der Waals surface area contributed by atoms with Crippen molar-refractivity contribution in [2.45, 2.75) is 26.4 Å². The molecule has 102 valence electrons. The number of benzene rings is 1. The second kappa shape index (κ2) is 10.1. The van der Waals surface area contributed by atoms with Gasteiger partial charge >= 0.3 is 126 Å². The molecule has 0 spiro atoms. The quantitative estimate of drug-likeness (QED) is 0.585. The average molecular weight is 341 g/mol. The fourth-order valence-electron chi connectivity index (χ4n) is 1.37. The van der Waals surface area contributed by atoms with Gasteiger partial charge in [-0.25, -0.2) is 0 Å². The fourth-order valence-corrected chi connectivity index (χ4v) is 3.22.